The van der Waals surface area contributed by atoms with Crippen molar-refractivity contribution in [2.45, 2.75) is 26.4 Å². The standard InChI is InChI=1S/C23H29N5O4/c1-14(2)24-22(29)15-7-10-19-18(11-15)25-21(28(19)4)13-27(3)23(30)26-17-9-8-16(31-5)12-20(17)32-6/h7-12,14H,13H2,1-6H3,(H,24,29)(H,26,30). The molecule has 0 radical (unpaired) electrons. The molecule has 170 valence electrons. The molecule has 32 heavy (non-hydrogen) atoms. The van der Waals surface area contributed by atoms with Crippen LogP contribution in [0.1, 0.15) is 30.0 Å². The van der Waals surface area contributed by atoms with Crippen molar-refractivity contribution in [1.82, 2.24) is 19.8 Å². The number of benzene rings is 2. The maximum Gasteiger partial charge on any atom is 0.322 e. The average Bonchev–Trinajstić information content (AvgIpc) is 3.07. The SMILES string of the molecule is COc1ccc(NC(=O)N(C)Cc2nc3cc(C(=O)NC(C)C)ccc3n2C)c(OC)c1. The number of imidazole rings is 1. The third-order valence-electron chi connectivity index (χ3n) is 5.03. The van der Waals surface area contributed by atoms with Gasteiger partial charge in [-0.15, -0.1) is 0 Å². The van der Waals surface area contributed by atoms with Crippen LogP contribution >= 0.6 is 0 Å². The summed E-state index contributed by atoms with van der Waals surface area (Å²) < 4.78 is 12.4. The first-order chi connectivity index (χ1) is 15.2. The van der Waals surface area contributed by atoms with Gasteiger partial charge in [0.2, 0.25) is 0 Å². The molecule has 0 aliphatic rings. The van der Waals surface area contributed by atoms with Gasteiger partial charge in [-0.3, -0.25) is 4.79 Å². The molecule has 9 nitrogen and oxygen atoms in total. The fourth-order valence-electron chi connectivity index (χ4n) is 3.27. The van der Waals surface area contributed by atoms with Crippen LogP contribution in [0.3, 0.4) is 0 Å². The quantitative estimate of drug-likeness (QED) is 0.588. The van der Waals surface area contributed by atoms with Gasteiger partial charge in [0.15, 0.2) is 0 Å². The zero-order valence-electron chi connectivity index (χ0n) is 19.2. The highest BCUT2D eigenvalue weighted by atomic mass is 16.5. The largest absolute Gasteiger partial charge is 0.497 e. The number of fused-ring (bicyclic) bond motifs is 1. The number of amides is 3. The van der Waals surface area contributed by atoms with Gasteiger partial charge >= 0.3 is 6.03 Å². The number of aryl methyl sites for hydroxylation is 1. The summed E-state index contributed by atoms with van der Waals surface area (Å²) in [6, 6.07) is 10.3. The summed E-state index contributed by atoms with van der Waals surface area (Å²) in [7, 11) is 6.67. The molecule has 0 atom stereocenters. The summed E-state index contributed by atoms with van der Waals surface area (Å²) >= 11 is 0. The van der Waals surface area contributed by atoms with Crippen molar-refractivity contribution < 1.29 is 19.1 Å². The van der Waals surface area contributed by atoms with E-state index in [4.69, 9.17) is 9.47 Å². The molecule has 0 aliphatic heterocycles. The van der Waals surface area contributed by atoms with Crippen LogP contribution in [0.15, 0.2) is 36.4 Å². The third-order valence-corrected chi connectivity index (χ3v) is 5.03. The van der Waals surface area contributed by atoms with Crippen molar-refractivity contribution in [3.8, 4) is 11.5 Å². The molecule has 0 fully saturated rings. The average molecular weight is 440 g/mol. The minimum Gasteiger partial charge on any atom is -0.497 e. The number of ether oxygens (including phenoxy) is 2. The fraction of sp³-hybridized carbons (Fsp3) is 0.348. The maximum atomic E-state index is 12.8. The first kappa shape index (κ1) is 22.9. The molecule has 2 N–H and O–H groups in total. The second kappa shape index (κ2) is 9.59. The number of carbonyl (C=O) groups excluding carboxylic acids is 2. The van der Waals surface area contributed by atoms with Gasteiger partial charge in [-0.1, -0.05) is 0 Å². The molecule has 0 saturated heterocycles. The molecule has 3 aromatic rings. The number of hydrogen-bond donors (Lipinski definition) is 2. The van der Waals surface area contributed by atoms with Gasteiger partial charge in [0.25, 0.3) is 5.91 Å². The van der Waals surface area contributed by atoms with E-state index in [1.165, 1.54) is 12.0 Å². The lowest BCUT2D eigenvalue weighted by atomic mass is 10.2. The van der Waals surface area contributed by atoms with Gasteiger partial charge in [0, 0.05) is 31.8 Å². The number of methoxy groups -OCH3 is 2. The Morgan fingerprint density at radius 1 is 1.12 bits per heavy atom. The highest BCUT2D eigenvalue weighted by molar-refractivity contribution is 5.97. The zero-order valence-corrected chi connectivity index (χ0v) is 19.2. The normalized spacial score (nSPS) is 10.8. The molecular formula is C23H29N5O4. The summed E-state index contributed by atoms with van der Waals surface area (Å²) in [6.45, 7) is 4.11. The Hall–Kier alpha value is -3.75. The molecule has 3 amide bonds. The van der Waals surface area contributed by atoms with E-state index < -0.39 is 0 Å². The van der Waals surface area contributed by atoms with Gasteiger partial charge in [-0.2, -0.15) is 0 Å². The van der Waals surface area contributed by atoms with Crippen molar-refractivity contribution in [3.63, 3.8) is 0 Å². The second-order valence-corrected chi connectivity index (χ2v) is 7.77. The predicted molar refractivity (Wildman–Crippen MR) is 123 cm³/mol. The topological polar surface area (TPSA) is 97.7 Å². The van der Waals surface area contributed by atoms with Gasteiger partial charge in [-0.05, 0) is 44.2 Å². The molecule has 1 heterocycles. The summed E-state index contributed by atoms with van der Waals surface area (Å²) in [5.74, 6) is 1.69. The van der Waals surface area contributed by atoms with Crippen LogP contribution in [-0.2, 0) is 13.6 Å². The smallest absolute Gasteiger partial charge is 0.322 e. The van der Waals surface area contributed by atoms with E-state index in [0.29, 0.717) is 34.1 Å². The molecule has 1 aromatic heterocycles. The van der Waals surface area contributed by atoms with Gasteiger partial charge in [-0.25, -0.2) is 9.78 Å². The van der Waals surface area contributed by atoms with Gasteiger partial charge < -0.3 is 29.6 Å². The lowest BCUT2D eigenvalue weighted by Crippen LogP contribution is -2.31. The molecule has 0 bridgehead atoms. The van der Waals surface area contributed by atoms with Crippen LogP contribution in [0.25, 0.3) is 11.0 Å². The summed E-state index contributed by atoms with van der Waals surface area (Å²) in [6.07, 6.45) is 0. The van der Waals surface area contributed by atoms with E-state index in [1.54, 1.807) is 44.5 Å². The number of anilines is 1. The molecule has 0 saturated carbocycles. The first-order valence-corrected chi connectivity index (χ1v) is 10.2. The number of aromatic nitrogens is 2. The second-order valence-electron chi connectivity index (χ2n) is 7.77. The van der Waals surface area contributed by atoms with Crippen LogP contribution in [0.5, 0.6) is 11.5 Å². The molecule has 3 rings (SSSR count). The third kappa shape index (κ3) is 4.93. The Morgan fingerprint density at radius 2 is 1.88 bits per heavy atom. The van der Waals surface area contributed by atoms with E-state index in [2.05, 4.69) is 15.6 Å². The number of nitrogens with one attached hydrogen (secondary N) is 2. The number of nitrogens with zero attached hydrogens (tertiary/aromatic N) is 3. The van der Waals surface area contributed by atoms with Gasteiger partial charge in [0.05, 0.1) is 37.5 Å². The number of carbonyl (C=O) groups is 2. The maximum absolute atomic E-state index is 12.8. The van der Waals surface area contributed by atoms with E-state index in [9.17, 15) is 9.59 Å². The van der Waals surface area contributed by atoms with Crippen LogP contribution < -0.4 is 20.1 Å². The minimum atomic E-state index is -0.308. The van der Waals surface area contributed by atoms with Crippen molar-refractivity contribution in [2.24, 2.45) is 7.05 Å². The number of hydrogen-bond acceptors (Lipinski definition) is 5. The van der Waals surface area contributed by atoms with Crippen LogP contribution in [0, 0.1) is 0 Å². The van der Waals surface area contributed by atoms with Crippen LogP contribution in [0.4, 0.5) is 10.5 Å². The molecule has 9 heteroatoms. The molecule has 0 aliphatic carbocycles. The molecular weight excluding hydrogens is 410 g/mol. The highest BCUT2D eigenvalue weighted by Gasteiger charge is 2.17. The van der Waals surface area contributed by atoms with Crippen molar-refractivity contribution in [3.05, 3.63) is 47.8 Å². The van der Waals surface area contributed by atoms with E-state index >= 15 is 0 Å². The Kier molecular flexibility index (Phi) is 6.87. The zero-order chi connectivity index (χ0) is 23.4. The van der Waals surface area contributed by atoms with E-state index in [-0.39, 0.29) is 24.5 Å². The van der Waals surface area contributed by atoms with Crippen molar-refractivity contribution >= 4 is 28.7 Å². The number of urea groups is 1. The Balaban J connectivity index is 1.76. The minimum absolute atomic E-state index is 0.0500. The summed E-state index contributed by atoms with van der Waals surface area (Å²) in [4.78, 5) is 31.2. The fourth-order valence-corrected chi connectivity index (χ4v) is 3.27. The van der Waals surface area contributed by atoms with Gasteiger partial charge in [0.1, 0.15) is 17.3 Å². The lowest BCUT2D eigenvalue weighted by molar-refractivity contribution is 0.0943. The molecule has 0 spiro atoms. The predicted octanol–water partition coefficient (Wildman–Crippen LogP) is 3.39. The van der Waals surface area contributed by atoms with Crippen LogP contribution in [0.2, 0.25) is 0 Å². The summed E-state index contributed by atoms with van der Waals surface area (Å²) in [5, 5.41) is 5.72. The lowest BCUT2D eigenvalue weighted by Gasteiger charge is -2.19. The summed E-state index contributed by atoms with van der Waals surface area (Å²) in [5.41, 5.74) is 2.67. The first-order valence-electron chi connectivity index (χ1n) is 10.2. The van der Waals surface area contributed by atoms with Crippen molar-refractivity contribution in [2.75, 3.05) is 26.6 Å². The Labute approximate surface area is 187 Å². The molecule has 2 aromatic carbocycles. The Morgan fingerprint density at radius 3 is 2.53 bits per heavy atom. The van der Waals surface area contributed by atoms with E-state index in [1.807, 2.05) is 31.5 Å². The highest BCUT2D eigenvalue weighted by Crippen LogP contribution is 2.29. The monoisotopic (exact) mass is 439 g/mol. The Bertz CT molecular complexity index is 1140. The number of rotatable bonds is 7. The van der Waals surface area contributed by atoms with Crippen molar-refractivity contribution in [1.29, 1.82) is 0 Å². The van der Waals surface area contributed by atoms with Crippen LogP contribution in [-0.4, -0.2) is 53.7 Å². The van der Waals surface area contributed by atoms with E-state index in [0.717, 1.165) is 5.52 Å². The molecule has 0 unspecified atom stereocenters.